The number of hydrogen-bond donors (Lipinski definition) is 10. The minimum Gasteiger partial charge on any atom is -0.444 e. The van der Waals surface area contributed by atoms with Crippen LogP contribution in [0.25, 0.3) is 68.9 Å². The van der Waals surface area contributed by atoms with Crippen LogP contribution in [0.3, 0.4) is 0 Å². The molecule has 4 aromatic heterocycles. The second-order valence-corrected chi connectivity index (χ2v) is 30.3. The maximum Gasteiger partial charge on any atom is 0.429 e. The number of ether oxygens (including phenoxy) is 5. The van der Waals surface area contributed by atoms with Gasteiger partial charge in [-0.05, 0) is 184 Å². The first kappa shape index (κ1) is 98.2. The topological polar surface area (TPSA) is 405 Å². The summed E-state index contributed by atoms with van der Waals surface area (Å²) in [5, 5.41) is 35.6. The molecular formula is C83H110ClF4N21O11. The number of benzene rings is 6. The third kappa shape index (κ3) is 34.3. The van der Waals surface area contributed by atoms with E-state index >= 15 is 0 Å². The third-order valence-corrected chi connectivity index (χ3v) is 16.3. The number of hydrazine groups is 4. The van der Waals surface area contributed by atoms with Crippen molar-refractivity contribution < 1.29 is 70.0 Å². The molecular weight excluding hydrogens is 1580 g/mol. The number of likely N-dealkylation sites (N-methyl/N-ethyl adjacent to an activating group) is 2. The number of halogens is 5. The number of aromatic nitrogens is 10. The summed E-state index contributed by atoms with van der Waals surface area (Å²) < 4.78 is 80.4. The predicted molar refractivity (Wildman–Crippen MR) is 453 cm³/mol. The highest BCUT2D eigenvalue weighted by Crippen LogP contribution is 2.31. The molecule has 0 saturated carbocycles. The first-order chi connectivity index (χ1) is 56.2. The molecule has 1 fully saturated rings. The number of fused-ring (bicyclic) bond motifs is 2. The van der Waals surface area contributed by atoms with Crippen molar-refractivity contribution in [2.24, 2.45) is 17.6 Å². The van der Waals surface area contributed by atoms with E-state index in [1.165, 1.54) is 88.8 Å². The number of likely N-dealkylation sites (tertiary alicyclic amines) is 1. The summed E-state index contributed by atoms with van der Waals surface area (Å²) in [4.78, 5) is 79.9. The molecule has 0 unspecified atom stereocenters. The fraction of sp³-hybridized carbons (Fsp3) is 0.373. The van der Waals surface area contributed by atoms with Crippen LogP contribution in [-0.2, 0) is 48.2 Å². The lowest BCUT2D eigenvalue weighted by Crippen LogP contribution is -2.45. The van der Waals surface area contributed by atoms with E-state index in [9.17, 15) is 46.3 Å². The molecule has 1 atom stereocenters. The average molecular weight is 1690 g/mol. The summed E-state index contributed by atoms with van der Waals surface area (Å²) in [6.07, 6.45) is 7.97. The molecule has 1 aliphatic heterocycles. The number of amides is 6. The Bertz CT molecular complexity index is 4930. The molecule has 0 aliphatic carbocycles. The second kappa shape index (κ2) is 47.3. The van der Waals surface area contributed by atoms with Crippen LogP contribution in [-0.4, -0.2) is 191 Å². The van der Waals surface area contributed by atoms with Crippen molar-refractivity contribution in [2.45, 2.75) is 138 Å². The molecule has 37 heteroatoms. The zero-order valence-electron chi connectivity index (χ0n) is 70.5. The zero-order valence-corrected chi connectivity index (χ0v) is 71.3. The van der Waals surface area contributed by atoms with E-state index in [1.54, 1.807) is 106 Å². The molecule has 12 N–H and O–H groups in total. The maximum absolute atomic E-state index is 14.7. The Hall–Kier alpha value is -12.4. The molecule has 6 amide bonds. The van der Waals surface area contributed by atoms with E-state index in [-0.39, 0.29) is 66.8 Å². The monoisotopic (exact) mass is 1690 g/mol. The van der Waals surface area contributed by atoms with Crippen molar-refractivity contribution in [2.75, 3.05) is 61.9 Å². The van der Waals surface area contributed by atoms with Crippen LogP contribution in [0.2, 0.25) is 0 Å². The quantitative estimate of drug-likeness (QED) is 0.0125. The standard InChI is InChI=1S/C23H22F2N6.C22H22F2N6.C14H20N2O4.C9H19N3O3.C9H12N2O2.C6H14N2O2.ClH/c24-17-7-4-15(5-8-17)6-9-20-18-12-16(13-19(25)22(18)29-27-20)23-26-21(28-30-23)14-31-10-2-1-3-11-31;1-12(2)19(25-3)22-26-21(29-30-22)14-10-16-18(27-28-20(16)17(24)11-14)9-6-13-4-7-15(23)8-5-13;1-14(2,3)20-13(18)16(4)15-12(17)19-10-11-8-6-5-7-9-11;1-9(2,3)15-8(14)11(4)6-7(13)12(5)10;1-10-11-9(12)13-7-8-5-3-2-4-6-8;1-6(2,3)10-5(9)8(4)7;/h4-9,12-13H,1-3,10-11,14H2,(H,27,29)(H,26,28,30);4-12,19,25H,1-3H3,(H,27,28)(H,26,29,30);5-9H,10H2,1-4H3,(H,15,17);6,10H2,1-5H3;2-6,10H,7H2,1H3,(H,11,12);7H2,1-4H3;1H/b2*9-6+;;;;;/t;19-;;;;;/m.0...../s1. The van der Waals surface area contributed by atoms with Crippen LogP contribution in [0.4, 0.5) is 41.5 Å². The van der Waals surface area contributed by atoms with Crippen molar-refractivity contribution >= 4 is 94.9 Å². The van der Waals surface area contributed by atoms with Crippen LogP contribution >= 0.6 is 12.4 Å². The summed E-state index contributed by atoms with van der Waals surface area (Å²) in [6.45, 7) is 23.2. The summed E-state index contributed by atoms with van der Waals surface area (Å²) in [5.74, 6) is 11.1. The van der Waals surface area contributed by atoms with E-state index in [2.05, 4.69) is 91.1 Å². The summed E-state index contributed by atoms with van der Waals surface area (Å²) in [5.41, 5.74) is 11.8. The first-order valence-electron chi connectivity index (χ1n) is 37.9. The van der Waals surface area contributed by atoms with Gasteiger partial charge in [0.2, 0.25) is 0 Å². The van der Waals surface area contributed by atoms with Crippen molar-refractivity contribution in [3.05, 3.63) is 202 Å². The summed E-state index contributed by atoms with van der Waals surface area (Å²) in [6, 6.07) is 37.4. The molecule has 5 heterocycles. The molecule has 120 heavy (non-hydrogen) atoms. The normalized spacial score (nSPS) is 12.2. The highest BCUT2D eigenvalue weighted by Gasteiger charge is 2.26. The molecule has 0 bridgehead atoms. The number of H-pyrrole nitrogens is 4. The SMILES string of the molecule is CN(N)C(=O)CN(C)C(=O)OC(C)(C)C.CN(N)C(=O)OC(C)(C)C.CN(NC(=O)OCc1ccccc1)C(=O)OC(C)(C)C.CNNC(=O)OCc1ccccc1.CN[C@H](c1nc(-c2cc(F)c3n[nH]c(/C=C/c4ccc(F)cc4)c3c2)n[nH]1)C(C)C.Cl.Fc1ccc(/C=C/c2[nH]nc3c(F)cc(-c4n[nH]c(CN5CCCCC5)n4)cc23)cc1. The van der Waals surface area contributed by atoms with Crippen molar-refractivity contribution in [1.29, 1.82) is 0 Å². The number of nitrogens with one attached hydrogen (secondary N) is 8. The van der Waals surface area contributed by atoms with Gasteiger partial charge >= 0.3 is 30.5 Å². The highest BCUT2D eigenvalue weighted by molar-refractivity contribution is 5.94. The average Bonchev–Trinajstić information content (AvgIpc) is 1.64. The van der Waals surface area contributed by atoms with Gasteiger partial charge in [-0.2, -0.15) is 20.4 Å². The number of carbonyl (C=O) groups excluding carboxylic acids is 6. The smallest absolute Gasteiger partial charge is 0.429 e. The molecule has 648 valence electrons. The van der Waals surface area contributed by atoms with Gasteiger partial charge < -0.3 is 33.9 Å². The molecule has 0 spiro atoms. The Morgan fingerprint density at radius 3 is 1.41 bits per heavy atom. The van der Waals surface area contributed by atoms with Crippen LogP contribution in [0.5, 0.6) is 0 Å². The van der Waals surface area contributed by atoms with Crippen LogP contribution in [0.1, 0.15) is 147 Å². The van der Waals surface area contributed by atoms with Gasteiger partial charge in [0.05, 0.1) is 24.0 Å². The minimum absolute atomic E-state index is 0. The largest absolute Gasteiger partial charge is 0.444 e. The van der Waals surface area contributed by atoms with Gasteiger partial charge in [-0.25, -0.2) is 84.1 Å². The number of nitrogens with zero attached hydrogens (tertiary/aromatic N) is 11. The van der Waals surface area contributed by atoms with Gasteiger partial charge in [0, 0.05) is 57.1 Å². The minimum atomic E-state index is -0.720. The highest BCUT2D eigenvalue weighted by atomic mass is 35.5. The number of nitrogens with two attached hydrogens (primary N) is 2. The third-order valence-electron chi connectivity index (χ3n) is 16.3. The lowest BCUT2D eigenvalue weighted by atomic mass is 10.0. The van der Waals surface area contributed by atoms with E-state index in [4.69, 9.17) is 35.4 Å². The van der Waals surface area contributed by atoms with Gasteiger partial charge in [0.25, 0.3) is 5.91 Å². The lowest BCUT2D eigenvalue weighted by Gasteiger charge is -2.24. The lowest BCUT2D eigenvalue weighted by molar-refractivity contribution is -0.131. The van der Waals surface area contributed by atoms with Gasteiger partial charge in [-0.3, -0.25) is 40.5 Å². The van der Waals surface area contributed by atoms with Gasteiger partial charge in [0.15, 0.2) is 23.3 Å². The molecule has 1 saturated heterocycles. The van der Waals surface area contributed by atoms with Crippen LogP contribution < -0.4 is 33.3 Å². The number of carbonyl (C=O) groups is 6. The molecule has 1 aliphatic rings. The first-order valence-corrected chi connectivity index (χ1v) is 37.9. The summed E-state index contributed by atoms with van der Waals surface area (Å²) >= 11 is 0. The summed E-state index contributed by atoms with van der Waals surface area (Å²) in [7, 11) is 9.19. The molecule has 32 nitrogen and oxygen atoms in total. The van der Waals surface area contributed by atoms with E-state index < -0.39 is 58.9 Å². The molecule has 10 aromatic rings. The zero-order chi connectivity index (χ0) is 87.7. The Labute approximate surface area is 701 Å². The van der Waals surface area contributed by atoms with Crippen LogP contribution in [0, 0.1) is 29.2 Å². The molecule has 11 rings (SSSR count). The van der Waals surface area contributed by atoms with Gasteiger partial charge in [-0.1, -0.05) is 117 Å². The van der Waals surface area contributed by atoms with E-state index in [1.807, 2.05) is 92.0 Å². The van der Waals surface area contributed by atoms with Crippen molar-refractivity contribution in [1.82, 2.24) is 97.2 Å². The fourth-order valence-corrected chi connectivity index (χ4v) is 10.5. The molecule has 0 radical (unpaired) electrons. The van der Waals surface area contributed by atoms with Gasteiger partial charge in [0.1, 0.15) is 70.9 Å². The Balaban J connectivity index is 0.000000268. The van der Waals surface area contributed by atoms with E-state index in [0.717, 1.165) is 62.7 Å². The Kier molecular flexibility index (Phi) is 38.7. The predicted octanol–water partition coefficient (Wildman–Crippen LogP) is 14.6. The number of hydrogen-bond acceptors (Lipinski definition) is 22. The Morgan fingerprint density at radius 2 is 0.983 bits per heavy atom. The fourth-order valence-electron chi connectivity index (χ4n) is 10.5. The Morgan fingerprint density at radius 1 is 0.542 bits per heavy atom. The maximum atomic E-state index is 14.7. The number of rotatable bonds is 18. The van der Waals surface area contributed by atoms with Crippen molar-refractivity contribution in [3.8, 4) is 22.8 Å². The van der Waals surface area contributed by atoms with Gasteiger partial charge in [-0.15, -0.1) is 12.4 Å². The second-order valence-electron chi connectivity index (χ2n) is 30.3. The number of piperidine rings is 1. The van der Waals surface area contributed by atoms with Crippen LogP contribution in [0.15, 0.2) is 133 Å². The number of aromatic amines is 4. The van der Waals surface area contributed by atoms with E-state index in [0.29, 0.717) is 56.7 Å². The van der Waals surface area contributed by atoms with Crippen molar-refractivity contribution in [3.63, 3.8) is 0 Å². The molecule has 6 aromatic carbocycles.